The molecule has 2 rings (SSSR count). The minimum Gasteiger partial charge on any atom is -0.391 e. The number of sulfonamides is 1. The first-order chi connectivity index (χ1) is 9.03. The molecule has 0 amide bonds. The Kier molecular flexibility index (Phi) is 4.97. The molecule has 19 heavy (non-hydrogen) atoms. The lowest BCUT2D eigenvalue weighted by Crippen LogP contribution is -2.25. The minimum absolute atomic E-state index is 0.120. The Balaban J connectivity index is 1.93. The first-order valence-corrected chi connectivity index (χ1v) is 8.60. The molecule has 1 fully saturated rings. The average Bonchev–Trinajstić information content (AvgIpc) is 2.98. The molecule has 2 N–H and O–H groups in total. The van der Waals surface area contributed by atoms with Crippen molar-refractivity contribution in [1.29, 1.82) is 0 Å². The zero-order valence-electron chi connectivity index (χ0n) is 10.9. The van der Waals surface area contributed by atoms with Crippen LogP contribution in [0.15, 0.2) is 10.3 Å². The fourth-order valence-corrected chi connectivity index (χ4v) is 4.60. The van der Waals surface area contributed by atoms with Crippen molar-refractivity contribution in [3.05, 3.63) is 16.5 Å². The van der Waals surface area contributed by atoms with Crippen molar-refractivity contribution in [2.75, 3.05) is 19.8 Å². The van der Waals surface area contributed by atoms with E-state index < -0.39 is 10.0 Å². The van der Waals surface area contributed by atoms with Crippen molar-refractivity contribution in [2.24, 2.45) is 5.92 Å². The van der Waals surface area contributed by atoms with E-state index in [1.165, 1.54) is 0 Å². The molecule has 0 radical (unpaired) electrons. The second-order valence-corrected chi connectivity index (χ2v) is 7.88. The van der Waals surface area contributed by atoms with Gasteiger partial charge < -0.3 is 9.84 Å². The Bertz CT molecular complexity index is 518. The summed E-state index contributed by atoms with van der Waals surface area (Å²) >= 11 is 1.12. The number of aliphatic hydroxyl groups excluding tert-OH is 1. The van der Waals surface area contributed by atoms with E-state index in [4.69, 9.17) is 9.84 Å². The van der Waals surface area contributed by atoms with Gasteiger partial charge in [0.2, 0.25) is 10.0 Å². The number of aryl methyl sites for hydroxylation is 1. The summed E-state index contributed by atoms with van der Waals surface area (Å²) in [5, 5.41) is 9.10. The van der Waals surface area contributed by atoms with Crippen LogP contribution >= 0.6 is 11.3 Å². The van der Waals surface area contributed by atoms with Gasteiger partial charge in [-0.25, -0.2) is 13.1 Å². The second-order valence-electron chi connectivity index (χ2n) is 4.75. The third kappa shape index (κ3) is 3.76. The van der Waals surface area contributed by atoms with E-state index in [1.54, 1.807) is 13.0 Å². The third-order valence-corrected chi connectivity index (χ3v) is 6.43. The van der Waals surface area contributed by atoms with Crippen molar-refractivity contribution in [1.82, 2.24) is 4.72 Å². The Labute approximate surface area is 117 Å². The van der Waals surface area contributed by atoms with Gasteiger partial charge in [-0.05, 0) is 37.3 Å². The predicted molar refractivity (Wildman–Crippen MR) is 73.7 cm³/mol. The van der Waals surface area contributed by atoms with Crippen LogP contribution in [0, 0.1) is 12.8 Å². The summed E-state index contributed by atoms with van der Waals surface area (Å²) in [6.45, 7) is 3.63. The fourth-order valence-electron chi connectivity index (χ4n) is 2.06. The van der Waals surface area contributed by atoms with Gasteiger partial charge in [-0.2, -0.15) is 0 Å². The zero-order valence-corrected chi connectivity index (χ0v) is 12.5. The molecule has 2 heterocycles. The standard InChI is InChI=1S/C12H19NO4S2/c1-9-6-12(18-11(9)7-14)19(15,16)13-4-2-10-3-5-17-8-10/h6,10,13-14H,2-5,7-8H2,1H3. The quantitative estimate of drug-likeness (QED) is 0.829. The van der Waals surface area contributed by atoms with Crippen molar-refractivity contribution in [3.8, 4) is 0 Å². The van der Waals surface area contributed by atoms with Gasteiger partial charge in [-0.1, -0.05) is 0 Å². The largest absolute Gasteiger partial charge is 0.391 e. The molecule has 0 saturated carbocycles. The molecule has 1 aromatic rings. The number of aliphatic hydroxyl groups is 1. The van der Waals surface area contributed by atoms with Crippen molar-refractivity contribution in [2.45, 2.75) is 30.6 Å². The maximum Gasteiger partial charge on any atom is 0.250 e. The molecular weight excluding hydrogens is 286 g/mol. The maximum atomic E-state index is 12.1. The summed E-state index contributed by atoms with van der Waals surface area (Å²) < 4.78 is 32.3. The monoisotopic (exact) mass is 305 g/mol. The molecule has 0 bridgehead atoms. The van der Waals surface area contributed by atoms with Crippen LogP contribution in [0.1, 0.15) is 23.3 Å². The number of nitrogens with one attached hydrogen (secondary N) is 1. The van der Waals surface area contributed by atoms with Gasteiger partial charge in [0.1, 0.15) is 4.21 Å². The lowest BCUT2D eigenvalue weighted by Gasteiger charge is -2.08. The molecule has 0 aromatic carbocycles. The zero-order chi connectivity index (χ0) is 13.9. The smallest absolute Gasteiger partial charge is 0.250 e. The highest BCUT2D eigenvalue weighted by atomic mass is 32.2. The lowest BCUT2D eigenvalue weighted by atomic mass is 10.1. The summed E-state index contributed by atoms with van der Waals surface area (Å²) in [5.74, 6) is 0.459. The summed E-state index contributed by atoms with van der Waals surface area (Å²) in [4.78, 5) is 0.699. The molecule has 0 aliphatic carbocycles. The first kappa shape index (κ1) is 14.9. The molecule has 0 spiro atoms. The molecule has 1 aromatic heterocycles. The topological polar surface area (TPSA) is 75.6 Å². The molecule has 5 nitrogen and oxygen atoms in total. The van der Waals surface area contributed by atoms with Crippen molar-refractivity contribution in [3.63, 3.8) is 0 Å². The van der Waals surface area contributed by atoms with Gasteiger partial charge in [0.25, 0.3) is 0 Å². The van der Waals surface area contributed by atoms with E-state index in [0.717, 1.165) is 43.0 Å². The van der Waals surface area contributed by atoms with Crippen molar-refractivity contribution >= 4 is 21.4 Å². The van der Waals surface area contributed by atoms with E-state index in [-0.39, 0.29) is 10.8 Å². The molecule has 1 aliphatic heterocycles. The van der Waals surface area contributed by atoms with E-state index in [9.17, 15) is 8.42 Å². The summed E-state index contributed by atoms with van der Waals surface area (Å²) in [6, 6.07) is 1.61. The molecule has 108 valence electrons. The number of thiophene rings is 1. The van der Waals surface area contributed by atoms with Crippen LogP contribution in [0.5, 0.6) is 0 Å². The van der Waals surface area contributed by atoms with Gasteiger partial charge in [0.05, 0.1) is 6.61 Å². The van der Waals surface area contributed by atoms with E-state index >= 15 is 0 Å². The summed E-state index contributed by atoms with van der Waals surface area (Å²) in [5.41, 5.74) is 0.817. The van der Waals surface area contributed by atoms with E-state index in [0.29, 0.717) is 17.3 Å². The van der Waals surface area contributed by atoms with Crippen LogP contribution < -0.4 is 4.72 Å². The van der Waals surface area contributed by atoms with Gasteiger partial charge in [0.15, 0.2) is 0 Å². The Hall–Kier alpha value is -0.470. The van der Waals surface area contributed by atoms with Crippen LogP contribution in [0.2, 0.25) is 0 Å². The highest BCUT2D eigenvalue weighted by Gasteiger charge is 2.20. The van der Waals surface area contributed by atoms with Crippen LogP contribution in [-0.2, 0) is 21.4 Å². The summed E-state index contributed by atoms with van der Waals surface area (Å²) in [6.07, 6.45) is 1.81. The normalized spacial score (nSPS) is 20.0. The highest BCUT2D eigenvalue weighted by Crippen LogP contribution is 2.26. The lowest BCUT2D eigenvalue weighted by molar-refractivity contribution is 0.184. The Morgan fingerprint density at radius 2 is 2.37 bits per heavy atom. The second kappa shape index (κ2) is 6.32. The molecule has 1 aliphatic rings. The minimum atomic E-state index is -3.45. The van der Waals surface area contributed by atoms with Crippen LogP contribution in [0.3, 0.4) is 0 Å². The summed E-state index contributed by atoms with van der Waals surface area (Å²) in [7, 11) is -3.45. The third-order valence-electron chi connectivity index (χ3n) is 3.28. The van der Waals surface area contributed by atoms with Crippen LogP contribution in [0.4, 0.5) is 0 Å². The SMILES string of the molecule is Cc1cc(S(=O)(=O)NCCC2CCOC2)sc1CO. The number of rotatable bonds is 6. The molecule has 1 unspecified atom stereocenters. The number of hydrogen-bond donors (Lipinski definition) is 2. The van der Waals surface area contributed by atoms with Gasteiger partial charge in [-0.15, -0.1) is 11.3 Å². The van der Waals surface area contributed by atoms with Crippen LogP contribution in [-0.4, -0.2) is 33.3 Å². The maximum absolute atomic E-state index is 12.1. The molecule has 7 heteroatoms. The highest BCUT2D eigenvalue weighted by molar-refractivity contribution is 7.91. The molecular formula is C12H19NO4S2. The van der Waals surface area contributed by atoms with E-state index in [1.807, 2.05) is 0 Å². The first-order valence-electron chi connectivity index (χ1n) is 6.30. The average molecular weight is 305 g/mol. The molecule has 1 saturated heterocycles. The van der Waals surface area contributed by atoms with E-state index in [2.05, 4.69) is 4.72 Å². The number of hydrogen-bond acceptors (Lipinski definition) is 5. The van der Waals surface area contributed by atoms with Gasteiger partial charge >= 0.3 is 0 Å². The van der Waals surface area contributed by atoms with Gasteiger partial charge in [0, 0.05) is 24.6 Å². The van der Waals surface area contributed by atoms with Crippen molar-refractivity contribution < 1.29 is 18.3 Å². The molecule has 1 atom stereocenters. The Morgan fingerprint density at radius 1 is 1.58 bits per heavy atom. The van der Waals surface area contributed by atoms with Gasteiger partial charge in [-0.3, -0.25) is 0 Å². The Morgan fingerprint density at radius 3 is 2.95 bits per heavy atom. The number of ether oxygens (including phenoxy) is 1. The predicted octanol–water partition coefficient (Wildman–Crippen LogP) is 1.25. The van der Waals surface area contributed by atoms with Crippen LogP contribution in [0.25, 0.3) is 0 Å². The fraction of sp³-hybridized carbons (Fsp3) is 0.667.